The number of cyclic esters (lactones) is 1. The molecule has 4 rings (SSSR count). The van der Waals surface area contributed by atoms with Gasteiger partial charge in [0.15, 0.2) is 5.70 Å². The fourth-order valence-corrected chi connectivity index (χ4v) is 3.44. The maximum absolute atomic E-state index is 12.2. The fraction of sp³-hybridized carbons (Fsp3) is 0.0833. The molecule has 31 heavy (non-hydrogen) atoms. The standard InChI is InChI=1S/C24H17Cl2NO4/c1-29-18-5-2-4-16(13-18)23-27-22(24(28)31-23)12-15-8-10-17(11-9-15)30-14-19-20(25)6-3-7-21(19)26/h2-13H,14H2,1H3/b22-12+. The molecule has 7 heteroatoms. The molecule has 0 amide bonds. The van der Waals surface area contributed by atoms with Crippen LogP contribution in [0.4, 0.5) is 0 Å². The summed E-state index contributed by atoms with van der Waals surface area (Å²) in [5, 5.41) is 1.11. The molecule has 0 saturated heterocycles. The van der Waals surface area contributed by atoms with E-state index in [-0.39, 0.29) is 18.2 Å². The summed E-state index contributed by atoms with van der Waals surface area (Å²) in [5.74, 6) is 1.04. The predicted octanol–water partition coefficient (Wildman–Crippen LogP) is 5.93. The Morgan fingerprint density at radius 2 is 1.68 bits per heavy atom. The van der Waals surface area contributed by atoms with Gasteiger partial charge in [0.25, 0.3) is 0 Å². The van der Waals surface area contributed by atoms with Crippen LogP contribution < -0.4 is 9.47 Å². The van der Waals surface area contributed by atoms with E-state index in [1.807, 2.05) is 12.1 Å². The highest BCUT2D eigenvalue weighted by Crippen LogP contribution is 2.26. The van der Waals surface area contributed by atoms with Crippen molar-refractivity contribution in [1.29, 1.82) is 0 Å². The number of aliphatic imine (C=N–C) groups is 1. The number of carbonyl (C=O) groups is 1. The molecule has 0 bridgehead atoms. The molecule has 0 aliphatic carbocycles. The zero-order valence-corrected chi connectivity index (χ0v) is 18.0. The molecule has 0 N–H and O–H groups in total. The van der Waals surface area contributed by atoms with Crippen LogP contribution in [-0.4, -0.2) is 19.0 Å². The number of carbonyl (C=O) groups excluding carboxylic acids is 1. The van der Waals surface area contributed by atoms with Crippen molar-refractivity contribution in [1.82, 2.24) is 0 Å². The molecule has 1 aliphatic heterocycles. The highest BCUT2D eigenvalue weighted by Gasteiger charge is 2.24. The zero-order valence-electron chi connectivity index (χ0n) is 16.5. The van der Waals surface area contributed by atoms with Gasteiger partial charge in [-0.25, -0.2) is 9.79 Å². The predicted molar refractivity (Wildman–Crippen MR) is 121 cm³/mol. The monoisotopic (exact) mass is 453 g/mol. The first kappa shape index (κ1) is 21.0. The second-order valence-corrected chi connectivity index (χ2v) is 7.44. The Hall–Kier alpha value is -3.28. The summed E-state index contributed by atoms with van der Waals surface area (Å²) >= 11 is 12.3. The van der Waals surface area contributed by atoms with Crippen molar-refractivity contribution in [3.63, 3.8) is 0 Å². The minimum Gasteiger partial charge on any atom is -0.497 e. The van der Waals surface area contributed by atoms with Crippen molar-refractivity contribution >= 4 is 41.1 Å². The lowest BCUT2D eigenvalue weighted by atomic mass is 10.2. The molecule has 3 aromatic rings. The number of rotatable bonds is 6. The third-order valence-electron chi connectivity index (χ3n) is 4.57. The van der Waals surface area contributed by atoms with Gasteiger partial charge in [-0.15, -0.1) is 0 Å². The number of hydrogen-bond acceptors (Lipinski definition) is 5. The van der Waals surface area contributed by atoms with Gasteiger partial charge in [0.2, 0.25) is 5.90 Å². The lowest BCUT2D eigenvalue weighted by Crippen LogP contribution is -2.05. The Kier molecular flexibility index (Phi) is 6.26. The van der Waals surface area contributed by atoms with Gasteiger partial charge in [-0.1, -0.05) is 47.5 Å². The van der Waals surface area contributed by atoms with E-state index >= 15 is 0 Å². The Balaban J connectivity index is 1.47. The van der Waals surface area contributed by atoms with E-state index < -0.39 is 5.97 Å². The summed E-state index contributed by atoms with van der Waals surface area (Å²) in [7, 11) is 1.57. The SMILES string of the molecule is COc1cccc(C2=N/C(=C/c3ccc(OCc4c(Cl)cccc4Cl)cc3)C(=O)O2)c1. The molecule has 5 nitrogen and oxygen atoms in total. The molecule has 0 fully saturated rings. The Labute approximate surface area is 189 Å². The summed E-state index contributed by atoms with van der Waals surface area (Å²) < 4.78 is 16.3. The first-order valence-electron chi connectivity index (χ1n) is 9.36. The zero-order chi connectivity index (χ0) is 21.8. The van der Waals surface area contributed by atoms with Crippen molar-refractivity contribution in [2.24, 2.45) is 4.99 Å². The van der Waals surface area contributed by atoms with Crippen LogP contribution in [0.15, 0.2) is 77.4 Å². The number of nitrogens with zero attached hydrogens (tertiary/aromatic N) is 1. The molecule has 3 aromatic carbocycles. The van der Waals surface area contributed by atoms with Crippen LogP contribution in [0.2, 0.25) is 10.0 Å². The molecule has 0 atom stereocenters. The number of hydrogen-bond donors (Lipinski definition) is 0. The first-order chi connectivity index (χ1) is 15.0. The van der Waals surface area contributed by atoms with Crippen molar-refractivity contribution in [3.8, 4) is 11.5 Å². The summed E-state index contributed by atoms with van der Waals surface area (Å²) in [6, 6.07) is 19.7. The average Bonchev–Trinajstić information content (AvgIpc) is 3.15. The normalized spacial score (nSPS) is 14.4. The Morgan fingerprint density at radius 3 is 2.39 bits per heavy atom. The van der Waals surface area contributed by atoms with E-state index in [9.17, 15) is 4.79 Å². The molecule has 0 saturated carbocycles. The Morgan fingerprint density at radius 1 is 0.968 bits per heavy atom. The van der Waals surface area contributed by atoms with Crippen LogP contribution in [-0.2, 0) is 16.1 Å². The van der Waals surface area contributed by atoms with Crippen LogP contribution in [0, 0.1) is 0 Å². The third-order valence-corrected chi connectivity index (χ3v) is 5.27. The van der Waals surface area contributed by atoms with Crippen LogP contribution in [0.3, 0.4) is 0 Å². The van der Waals surface area contributed by atoms with Gasteiger partial charge in [-0.2, -0.15) is 0 Å². The quantitative estimate of drug-likeness (QED) is 0.343. The molecule has 156 valence electrons. The number of halogens is 2. The van der Waals surface area contributed by atoms with Gasteiger partial charge in [0.1, 0.15) is 18.1 Å². The average molecular weight is 454 g/mol. The minimum atomic E-state index is -0.508. The van der Waals surface area contributed by atoms with Crippen LogP contribution in [0.1, 0.15) is 16.7 Å². The minimum absolute atomic E-state index is 0.217. The van der Waals surface area contributed by atoms with E-state index in [4.69, 9.17) is 37.4 Å². The molecule has 0 unspecified atom stereocenters. The van der Waals surface area contributed by atoms with E-state index in [1.54, 1.807) is 67.8 Å². The van der Waals surface area contributed by atoms with Gasteiger partial charge < -0.3 is 14.2 Å². The van der Waals surface area contributed by atoms with Crippen molar-refractivity contribution in [2.45, 2.75) is 6.61 Å². The van der Waals surface area contributed by atoms with Gasteiger partial charge in [0, 0.05) is 21.2 Å². The molecule has 0 radical (unpaired) electrons. The smallest absolute Gasteiger partial charge is 0.363 e. The second kappa shape index (κ2) is 9.25. The largest absolute Gasteiger partial charge is 0.497 e. The first-order valence-corrected chi connectivity index (χ1v) is 10.1. The number of methoxy groups -OCH3 is 1. The van der Waals surface area contributed by atoms with Crippen molar-refractivity contribution in [3.05, 3.63) is 99.2 Å². The van der Waals surface area contributed by atoms with E-state index in [0.29, 0.717) is 27.1 Å². The summed E-state index contributed by atoms with van der Waals surface area (Å²) in [6.45, 7) is 0.249. The summed E-state index contributed by atoms with van der Waals surface area (Å²) in [5.41, 5.74) is 2.39. The summed E-state index contributed by atoms with van der Waals surface area (Å²) in [4.78, 5) is 16.5. The maximum atomic E-state index is 12.2. The molecule has 1 aliphatic rings. The summed E-state index contributed by atoms with van der Waals surface area (Å²) in [6.07, 6.45) is 1.66. The molecule has 1 heterocycles. The third kappa shape index (κ3) is 4.90. The molecule has 0 spiro atoms. The van der Waals surface area contributed by atoms with Crippen LogP contribution in [0.5, 0.6) is 11.5 Å². The fourth-order valence-electron chi connectivity index (χ4n) is 2.93. The van der Waals surface area contributed by atoms with Gasteiger partial charge >= 0.3 is 5.97 Å². The van der Waals surface area contributed by atoms with Crippen LogP contribution >= 0.6 is 23.2 Å². The molecule has 0 aromatic heterocycles. The van der Waals surface area contributed by atoms with Crippen molar-refractivity contribution < 1.29 is 19.0 Å². The Bertz CT molecular complexity index is 1170. The number of esters is 1. The van der Waals surface area contributed by atoms with Gasteiger partial charge in [0.05, 0.1) is 7.11 Å². The van der Waals surface area contributed by atoms with Crippen LogP contribution in [0.25, 0.3) is 6.08 Å². The number of ether oxygens (including phenoxy) is 3. The maximum Gasteiger partial charge on any atom is 0.363 e. The van der Waals surface area contributed by atoms with E-state index in [0.717, 1.165) is 11.1 Å². The molecular weight excluding hydrogens is 437 g/mol. The van der Waals surface area contributed by atoms with E-state index in [2.05, 4.69) is 4.99 Å². The number of benzene rings is 3. The van der Waals surface area contributed by atoms with Gasteiger partial charge in [-0.05, 0) is 54.1 Å². The lowest BCUT2D eigenvalue weighted by molar-refractivity contribution is -0.129. The van der Waals surface area contributed by atoms with Crippen molar-refractivity contribution in [2.75, 3.05) is 7.11 Å². The van der Waals surface area contributed by atoms with Gasteiger partial charge in [-0.3, -0.25) is 0 Å². The highest BCUT2D eigenvalue weighted by atomic mass is 35.5. The molecular formula is C24H17Cl2NO4. The topological polar surface area (TPSA) is 57.1 Å². The lowest BCUT2D eigenvalue weighted by Gasteiger charge is -2.09. The highest BCUT2D eigenvalue weighted by molar-refractivity contribution is 6.35. The van der Waals surface area contributed by atoms with E-state index in [1.165, 1.54) is 0 Å². The second-order valence-electron chi connectivity index (χ2n) is 6.63.